The van der Waals surface area contributed by atoms with E-state index >= 15 is 0 Å². The molecule has 3 heteroatoms. The van der Waals surface area contributed by atoms with Crippen LogP contribution in [0.4, 0.5) is 5.69 Å². The van der Waals surface area contributed by atoms with Crippen LogP contribution in [-0.2, 0) is 0 Å². The molecular formula is C12H18N2O. The third-order valence-corrected chi connectivity index (χ3v) is 2.93. The van der Waals surface area contributed by atoms with E-state index < -0.39 is 0 Å². The van der Waals surface area contributed by atoms with E-state index in [-0.39, 0.29) is 0 Å². The molecule has 0 saturated heterocycles. The molecule has 1 aromatic rings. The van der Waals surface area contributed by atoms with Crippen LogP contribution in [-0.4, -0.2) is 18.1 Å². The first-order chi connectivity index (χ1) is 7.33. The van der Waals surface area contributed by atoms with Crippen LogP contribution < -0.4 is 10.1 Å². The fourth-order valence-corrected chi connectivity index (χ4v) is 1.85. The summed E-state index contributed by atoms with van der Waals surface area (Å²) in [4.78, 5) is 4.18. The molecule has 1 aromatic heterocycles. The number of methoxy groups -OCH3 is 1. The zero-order valence-electron chi connectivity index (χ0n) is 9.36. The highest BCUT2D eigenvalue weighted by Crippen LogP contribution is 2.35. The lowest BCUT2D eigenvalue weighted by Gasteiger charge is -2.17. The summed E-state index contributed by atoms with van der Waals surface area (Å²) < 4.78 is 5.02. The maximum Gasteiger partial charge on any atom is 0.213 e. The molecule has 0 radical (unpaired) electrons. The summed E-state index contributed by atoms with van der Waals surface area (Å²) in [7, 11) is 1.63. The molecule has 1 unspecified atom stereocenters. The lowest BCUT2D eigenvalue weighted by atomic mass is 10.1. The summed E-state index contributed by atoms with van der Waals surface area (Å²) >= 11 is 0. The van der Waals surface area contributed by atoms with Crippen molar-refractivity contribution in [2.24, 2.45) is 5.92 Å². The largest absolute Gasteiger partial charge is 0.481 e. The number of hydrogen-bond acceptors (Lipinski definition) is 3. The Kier molecular flexibility index (Phi) is 3.09. The van der Waals surface area contributed by atoms with E-state index in [2.05, 4.69) is 17.2 Å². The van der Waals surface area contributed by atoms with Crippen LogP contribution in [0.2, 0.25) is 0 Å². The maximum atomic E-state index is 5.02. The third-order valence-electron chi connectivity index (χ3n) is 2.93. The van der Waals surface area contributed by atoms with E-state index in [1.54, 1.807) is 7.11 Å². The Balaban J connectivity index is 1.96. The van der Waals surface area contributed by atoms with Gasteiger partial charge in [0.15, 0.2) is 0 Å². The van der Waals surface area contributed by atoms with Gasteiger partial charge in [0.05, 0.1) is 19.0 Å². The predicted molar refractivity (Wildman–Crippen MR) is 61.2 cm³/mol. The first kappa shape index (κ1) is 10.3. The Hall–Kier alpha value is -1.25. The number of nitrogens with one attached hydrogen (secondary N) is 1. The van der Waals surface area contributed by atoms with E-state index in [1.165, 1.54) is 19.3 Å². The molecule has 1 aliphatic carbocycles. The average Bonchev–Trinajstić information content (AvgIpc) is 3.10. The topological polar surface area (TPSA) is 34.1 Å². The van der Waals surface area contributed by atoms with Crippen LogP contribution >= 0.6 is 0 Å². The van der Waals surface area contributed by atoms with Gasteiger partial charge >= 0.3 is 0 Å². The second-order valence-corrected chi connectivity index (χ2v) is 4.09. The molecule has 1 aliphatic rings. The highest BCUT2D eigenvalue weighted by atomic mass is 16.5. The first-order valence-electron chi connectivity index (χ1n) is 5.60. The van der Waals surface area contributed by atoms with Gasteiger partial charge in [-0.15, -0.1) is 0 Å². The van der Waals surface area contributed by atoms with Gasteiger partial charge < -0.3 is 10.1 Å². The second kappa shape index (κ2) is 4.51. The fourth-order valence-electron chi connectivity index (χ4n) is 1.85. The van der Waals surface area contributed by atoms with Crippen LogP contribution in [0, 0.1) is 5.92 Å². The number of ether oxygens (including phenoxy) is 1. The minimum atomic E-state index is 0.611. The number of anilines is 1. The van der Waals surface area contributed by atoms with Gasteiger partial charge in [-0.2, -0.15) is 0 Å². The maximum absolute atomic E-state index is 5.02. The average molecular weight is 206 g/mol. The van der Waals surface area contributed by atoms with Gasteiger partial charge in [0.25, 0.3) is 0 Å². The SMILES string of the molecule is CCC(Nc1ccc(OC)nc1)C1CC1. The Labute approximate surface area is 90.9 Å². The number of hydrogen-bond donors (Lipinski definition) is 1. The molecule has 1 fully saturated rings. The molecule has 0 spiro atoms. The van der Waals surface area contributed by atoms with Crippen molar-refractivity contribution in [3.63, 3.8) is 0 Å². The molecule has 1 atom stereocenters. The van der Waals surface area contributed by atoms with Crippen molar-refractivity contribution in [3.8, 4) is 5.88 Å². The minimum Gasteiger partial charge on any atom is -0.481 e. The van der Waals surface area contributed by atoms with Crippen molar-refractivity contribution in [1.29, 1.82) is 0 Å². The summed E-state index contributed by atoms with van der Waals surface area (Å²) in [6.45, 7) is 2.23. The van der Waals surface area contributed by atoms with Crippen LogP contribution in [0.3, 0.4) is 0 Å². The molecular weight excluding hydrogens is 188 g/mol. The van der Waals surface area contributed by atoms with Crippen LogP contribution in [0.15, 0.2) is 18.3 Å². The molecule has 82 valence electrons. The Morgan fingerprint density at radius 2 is 2.33 bits per heavy atom. The molecule has 0 bridgehead atoms. The summed E-state index contributed by atoms with van der Waals surface area (Å²) in [5.74, 6) is 1.54. The zero-order valence-corrected chi connectivity index (χ0v) is 9.36. The normalized spacial score (nSPS) is 17.2. The minimum absolute atomic E-state index is 0.611. The van der Waals surface area contributed by atoms with Gasteiger partial charge in [0.1, 0.15) is 0 Å². The van der Waals surface area contributed by atoms with E-state index in [4.69, 9.17) is 4.74 Å². The van der Waals surface area contributed by atoms with Crippen molar-refractivity contribution < 1.29 is 4.74 Å². The lowest BCUT2D eigenvalue weighted by Crippen LogP contribution is -2.20. The third kappa shape index (κ3) is 2.61. The number of pyridine rings is 1. The van der Waals surface area contributed by atoms with Gasteiger partial charge in [-0.25, -0.2) is 4.98 Å². The van der Waals surface area contributed by atoms with Gasteiger partial charge in [0.2, 0.25) is 5.88 Å². The quantitative estimate of drug-likeness (QED) is 0.804. The smallest absolute Gasteiger partial charge is 0.213 e. The second-order valence-electron chi connectivity index (χ2n) is 4.09. The van der Waals surface area contributed by atoms with Gasteiger partial charge in [-0.1, -0.05) is 6.92 Å². The highest BCUT2D eigenvalue weighted by Gasteiger charge is 2.29. The summed E-state index contributed by atoms with van der Waals surface area (Å²) in [5.41, 5.74) is 1.09. The van der Waals surface area contributed by atoms with Gasteiger partial charge in [-0.05, 0) is 31.2 Å². The van der Waals surface area contributed by atoms with Gasteiger partial charge in [-0.3, -0.25) is 0 Å². The summed E-state index contributed by atoms with van der Waals surface area (Å²) in [6, 6.07) is 4.53. The van der Waals surface area contributed by atoms with E-state index in [9.17, 15) is 0 Å². The molecule has 1 saturated carbocycles. The molecule has 2 rings (SSSR count). The van der Waals surface area contributed by atoms with E-state index in [0.717, 1.165) is 11.6 Å². The van der Waals surface area contributed by atoms with E-state index in [0.29, 0.717) is 11.9 Å². The zero-order chi connectivity index (χ0) is 10.7. The molecule has 3 nitrogen and oxygen atoms in total. The van der Waals surface area contributed by atoms with Crippen LogP contribution in [0.25, 0.3) is 0 Å². The van der Waals surface area contributed by atoms with Crippen molar-refractivity contribution in [2.45, 2.75) is 32.2 Å². The standard InChI is InChI=1S/C12H18N2O/c1-3-11(9-4-5-9)14-10-6-7-12(15-2)13-8-10/h6-9,11,14H,3-5H2,1-2H3. The molecule has 1 N–H and O–H groups in total. The van der Waals surface area contributed by atoms with Gasteiger partial charge in [0, 0.05) is 12.1 Å². The predicted octanol–water partition coefficient (Wildman–Crippen LogP) is 2.69. The van der Waals surface area contributed by atoms with Crippen molar-refractivity contribution in [1.82, 2.24) is 4.98 Å². The molecule has 0 aliphatic heterocycles. The van der Waals surface area contributed by atoms with Crippen molar-refractivity contribution in [3.05, 3.63) is 18.3 Å². The van der Waals surface area contributed by atoms with Crippen molar-refractivity contribution >= 4 is 5.69 Å². The van der Waals surface area contributed by atoms with Crippen molar-refractivity contribution in [2.75, 3.05) is 12.4 Å². The molecule has 1 heterocycles. The number of nitrogens with zero attached hydrogens (tertiary/aromatic N) is 1. The fraction of sp³-hybridized carbons (Fsp3) is 0.583. The summed E-state index contributed by atoms with van der Waals surface area (Å²) in [5, 5.41) is 3.52. The van der Waals surface area contributed by atoms with E-state index in [1.807, 2.05) is 18.3 Å². The monoisotopic (exact) mass is 206 g/mol. The number of rotatable bonds is 5. The van der Waals surface area contributed by atoms with Crippen LogP contribution in [0.5, 0.6) is 5.88 Å². The first-order valence-corrected chi connectivity index (χ1v) is 5.60. The van der Waals surface area contributed by atoms with Crippen LogP contribution in [0.1, 0.15) is 26.2 Å². The molecule has 0 aromatic carbocycles. The lowest BCUT2D eigenvalue weighted by molar-refractivity contribution is 0.398. The molecule has 15 heavy (non-hydrogen) atoms. The Morgan fingerprint density at radius 3 is 2.80 bits per heavy atom. The summed E-state index contributed by atoms with van der Waals surface area (Å²) in [6.07, 6.45) is 5.75. The Bertz CT molecular complexity index is 306. The molecule has 0 amide bonds. The Morgan fingerprint density at radius 1 is 1.53 bits per heavy atom. The number of aromatic nitrogens is 1. The highest BCUT2D eigenvalue weighted by molar-refractivity contribution is 5.43.